The topological polar surface area (TPSA) is 68.8 Å². The first-order valence-electron chi connectivity index (χ1n) is 5.24. The monoisotopic (exact) mass is 221 g/mol. The van der Waals surface area contributed by atoms with E-state index in [-0.39, 0.29) is 0 Å². The lowest BCUT2D eigenvalue weighted by Crippen LogP contribution is -2.12. The van der Waals surface area contributed by atoms with E-state index in [0.717, 1.165) is 17.8 Å². The van der Waals surface area contributed by atoms with Crippen LogP contribution in [0.2, 0.25) is 0 Å². The highest BCUT2D eigenvalue weighted by Crippen LogP contribution is 2.19. The van der Waals surface area contributed by atoms with Crippen molar-refractivity contribution in [1.82, 2.24) is 25.2 Å². The lowest BCUT2D eigenvalue weighted by Gasteiger charge is -1.92. The molecule has 0 saturated heterocycles. The SMILES string of the molecule is CCNCc1noc(-c2cn(C)nc2C)n1. The molecule has 0 aliphatic carbocycles. The summed E-state index contributed by atoms with van der Waals surface area (Å²) in [6.07, 6.45) is 1.87. The fourth-order valence-corrected chi connectivity index (χ4v) is 1.48. The maximum atomic E-state index is 5.19. The van der Waals surface area contributed by atoms with Crippen molar-refractivity contribution in [1.29, 1.82) is 0 Å². The summed E-state index contributed by atoms with van der Waals surface area (Å²) in [4.78, 5) is 4.30. The van der Waals surface area contributed by atoms with Crippen molar-refractivity contribution in [3.63, 3.8) is 0 Å². The van der Waals surface area contributed by atoms with E-state index in [1.165, 1.54) is 0 Å². The zero-order valence-corrected chi connectivity index (χ0v) is 9.69. The highest BCUT2D eigenvalue weighted by molar-refractivity contribution is 5.54. The molecule has 0 aliphatic rings. The van der Waals surface area contributed by atoms with Gasteiger partial charge in [0.15, 0.2) is 5.82 Å². The summed E-state index contributed by atoms with van der Waals surface area (Å²) < 4.78 is 6.92. The molecule has 2 aromatic heterocycles. The molecule has 6 heteroatoms. The fourth-order valence-electron chi connectivity index (χ4n) is 1.48. The molecule has 0 spiro atoms. The summed E-state index contributed by atoms with van der Waals surface area (Å²) in [5.41, 5.74) is 1.78. The van der Waals surface area contributed by atoms with Crippen molar-refractivity contribution in [3.8, 4) is 11.5 Å². The normalized spacial score (nSPS) is 10.9. The molecule has 0 aliphatic heterocycles. The van der Waals surface area contributed by atoms with Gasteiger partial charge in [-0.25, -0.2) is 0 Å². The number of hydrogen-bond donors (Lipinski definition) is 1. The van der Waals surface area contributed by atoms with E-state index < -0.39 is 0 Å². The number of hydrogen-bond acceptors (Lipinski definition) is 5. The highest BCUT2D eigenvalue weighted by atomic mass is 16.5. The molecule has 0 bridgehead atoms. The van der Waals surface area contributed by atoms with Gasteiger partial charge in [0.1, 0.15) is 0 Å². The quantitative estimate of drug-likeness (QED) is 0.830. The summed E-state index contributed by atoms with van der Waals surface area (Å²) in [6.45, 7) is 5.46. The number of aryl methyl sites for hydroxylation is 2. The Balaban J connectivity index is 2.21. The minimum atomic E-state index is 0.526. The van der Waals surface area contributed by atoms with Crippen LogP contribution in [0.5, 0.6) is 0 Å². The fraction of sp³-hybridized carbons (Fsp3) is 0.500. The average Bonchev–Trinajstić information content (AvgIpc) is 2.82. The van der Waals surface area contributed by atoms with Crippen molar-refractivity contribution in [2.45, 2.75) is 20.4 Å². The second kappa shape index (κ2) is 4.44. The molecule has 1 N–H and O–H groups in total. The van der Waals surface area contributed by atoms with Gasteiger partial charge < -0.3 is 9.84 Å². The van der Waals surface area contributed by atoms with Crippen LogP contribution in [0.1, 0.15) is 18.4 Å². The zero-order chi connectivity index (χ0) is 11.5. The molecule has 6 nitrogen and oxygen atoms in total. The Morgan fingerprint density at radius 3 is 2.94 bits per heavy atom. The maximum Gasteiger partial charge on any atom is 0.261 e. The molecule has 0 saturated carbocycles. The first kappa shape index (κ1) is 10.8. The smallest absolute Gasteiger partial charge is 0.261 e. The molecule has 0 atom stereocenters. The molecule has 0 unspecified atom stereocenters. The molecule has 16 heavy (non-hydrogen) atoms. The molecule has 0 amide bonds. The lowest BCUT2D eigenvalue weighted by atomic mass is 10.3. The third-order valence-corrected chi connectivity index (χ3v) is 2.25. The van der Waals surface area contributed by atoms with Gasteiger partial charge in [0.2, 0.25) is 0 Å². The Morgan fingerprint density at radius 1 is 1.50 bits per heavy atom. The number of nitrogens with zero attached hydrogens (tertiary/aromatic N) is 4. The van der Waals surface area contributed by atoms with Crippen molar-refractivity contribution in [2.24, 2.45) is 7.05 Å². The van der Waals surface area contributed by atoms with Crippen LogP contribution in [0.25, 0.3) is 11.5 Å². The first-order valence-corrected chi connectivity index (χ1v) is 5.24. The molecule has 86 valence electrons. The van der Waals surface area contributed by atoms with Crippen LogP contribution in [-0.2, 0) is 13.6 Å². The van der Waals surface area contributed by atoms with Gasteiger partial charge in [0.05, 0.1) is 17.8 Å². The Bertz CT molecular complexity index is 473. The molecule has 0 fully saturated rings. The van der Waals surface area contributed by atoms with Crippen LogP contribution >= 0.6 is 0 Å². The number of rotatable bonds is 4. The predicted molar refractivity (Wildman–Crippen MR) is 58.6 cm³/mol. The van der Waals surface area contributed by atoms with Gasteiger partial charge in [-0.2, -0.15) is 10.1 Å². The number of aromatic nitrogens is 4. The molecular weight excluding hydrogens is 206 g/mol. The number of nitrogens with one attached hydrogen (secondary N) is 1. The van der Waals surface area contributed by atoms with Gasteiger partial charge in [-0.15, -0.1) is 0 Å². The van der Waals surface area contributed by atoms with Gasteiger partial charge in [0.25, 0.3) is 5.89 Å². The second-order valence-corrected chi connectivity index (χ2v) is 3.60. The van der Waals surface area contributed by atoms with Gasteiger partial charge in [-0.1, -0.05) is 12.1 Å². The maximum absolute atomic E-state index is 5.19. The predicted octanol–water partition coefficient (Wildman–Crippen LogP) is 0.888. The molecule has 2 rings (SSSR count). The van der Waals surface area contributed by atoms with E-state index in [2.05, 4.69) is 20.6 Å². The zero-order valence-electron chi connectivity index (χ0n) is 9.69. The van der Waals surface area contributed by atoms with E-state index in [1.807, 2.05) is 27.1 Å². The third-order valence-electron chi connectivity index (χ3n) is 2.25. The van der Waals surface area contributed by atoms with Gasteiger partial charge in [0, 0.05) is 13.2 Å². The van der Waals surface area contributed by atoms with Crippen LogP contribution < -0.4 is 5.32 Å². The van der Waals surface area contributed by atoms with Gasteiger partial charge in [-0.3, -0.25) is 4.68 Å². The summed E-state index contributed by atoms with van der Waals surface area (Å²) in [7, 11) is 1.87. The lowest BCUT2D eigenvalue weighted by molar-refractivity contribution is 0.419. The Morgan fingerprint density at radius 2 is 2.31 bits per heavy atom. The largest absolute Gasteiger partial charge is 0.334 e. The van der Waals surface area contributed by atoms with E-state index in [9.17, 15) is 0 Å². The summed E-state index contributed by atoms with van der Waals surface area (Å²) in [5, 5.41) is 11.3. The second-order valence-electron chi connectivity index (χ2n) is 3.60. The van der Waals surface area contributed by atoms with Crippen molar-refractivity contribution in [3.05, 3.63) is 17.7 Å². The van der Waals surface area contributed by atoms with E-state index >= 15 is 0 Å². The molecule has 0 aromatic carbocycles. The van der Waals surface area contributed by atoms with Gasteiger partial charge in [-0.05, 0) is 13.5 Å². The summed E-state index contributed by atoms with van der Waals surface area (Å²) in [5.74, 6) is 1.19. The summed E-state index contributed by atoms with van der Waals surface area (Å²) >= 11 is 0. The molecule has 2 aromatic rings. The van der Waals surface area contributed by atoms with Crippen LogP contribution in [0.4, 0.5) is 0 Å². The van der Waals surface area contributed by atoms with Crippen molar-refractivity contribution < 1.29 is 4.52 Å². The van der Waals surface area contributed by atoms with Crippen LogP contribution in [0, 0.1) is 6.92 Å². The van der Waals surface area contributed by atoms with Crippen molar-refractivity contribution in [2.75, 3.05) is 6.54 Å². The van der Waals surface area contributed by atoms with Crippen molar-refractivity contribution >= 4 is 0 Å². The highest BCUT2D eigenvalue weighted by Gasteiger charge is 2.13. The standard InChI is InChI=1S/C10H15N5O/c1-4-11-5-9-12-10(16-14-9)8-6-15(3)13-7(8)2/h6,11H,4-5H2,1-3H3. The first-order chi connectivity index (χ1) is 7.70. The van der Waals surface area contributed by atoms with Crippen LogP contribution in [-0.4, -0.2) is 26.5 Å². The van der Waals surface area contributed by atoms with Gasteiger partial charge >= 0.3 is 0 Å². The third kappa shape index (κ3) is 2.11. The Labute approximate surface area is 93.7 Å². The van der Waals surface area contributed by atoms with E-state index in [0.29, 0.717) is 18.3 Å². The van der Waals surface area contributed by atoms with E-state index in [4.69, 9.17) is 4.52 Å². The van der Waals surface area contributed by atoms with Crippen LogP contribution in [0.3, 0.4) is 0 Å². The van der Waals surface area contributed by atoms with E-state index in [1.54, 1.807) is 4.68 Å². The molecular formula is C10H15N5O. The molecule has 0 radical (unpaired) electrons. The average molecular weight is 221 g/mol. The minimum absolute atomic E-state index is 0.526. The summed E-state index contributed by atoms with van der Waals surface area (Å²) in [6, 6.07) is 0. The molecule has 2 heterocycles. The Hall–Kier alpha value is -1.69. The minimum Gasteiger partial charge on any atom is -0.334 e. The Kier molecular flexibility index (Phi) is 3.00. The van der Waals surface area contributed by atoms with Crippen LogP contribution in [0.15, 0.2) is 10.7 Å².